The topological polar surface area (TPSA) is 79.5 Å². The predicted octanol–water partition coefficient (Wildman–Crippen LogP) is 8.82. The van der Waals surface area contributed by atoms with Gasteiger partial charge in [-0.05, 0) is 77.1 Å². The van der Waals surface area contributed by atoms with E-state index in [1.54, 1.807) is 24.3 Å². The summed E-state index contributed by atoms with van der Waals surface area (Å²) in [5.41, 5.74) is 5.56. The lowest BCUT2D eigenvalue weighted by Gasteiger charge is -2.18. The number of aromatic carboxylic acids is 1. The van der Waals surface area contributed by atoms with E-state index in [1.165, 1.54) is 0 Å². The maximum absolute atomic E-state index is 13.7. The predicted molar refractivity (Wildman–Crippen MR) is 165 cm³/mol. The van der Waals surface area contributed by atoms with Gasteiger partial charge in [0.25, 0.3) is 0 Å². The van der Waals surface area contributed by atoms with Gasteiger partial charge in [-0.25, -0.2) is 4.79 Å². The van der Waals surface area contributed by atoms with E-state index in [4.69, 9.17) is 4.42 Å². The molecule has 2 N–H and O–H groups in total. The van der Waals surface area contributed by atoms with Crippen LogP contribution in [0.4, 0.5) is 5.69 Å². The molecule has 0 spiro atoms. The highest BCUT2D eigenvalue weighted by Crippen LogP contribution is 2.30. The highest BCUT2D eigenvalue weighted by molar-refractivity contribution is 5.96. The van der Waals surface area contributed by atoms with Gasteiger partial charge in [-0.3, -0.25) is 4.79 Å². The molecule has 0 bridgehead atoms. The fourth-order valence-corrected chi connectivity index (χ4v) is 4.64. The van der Waals surface area contributed by atoms with Gasteiger partial charge in [0.05, 0.1) is 11.5 Å². The molecule has 0 aliphatic heterocycles. The van der Waals surface area contributed by atoms with E-state index in [-0.39, 0.29) is 16.9 Å². The van der Waals surface area contributed by atoms with Crippen LogP contribution in [0.25, 0.3) is 28.4 Å². The SMILES string of the molecule is CC(C)(C)/C=C/c1ccc([C@@H](Cc2ccc(C(=O)O)cc2)C(=O)Nc2ccc(-c3cc4ccccc4o3)cc2)cc1. The second-order valence-electron chi connectivity index (χ2n) is 11.3. The number of para-hydroxylation sites is 1. The Hall–Kier alpha value is -4.90. The van der Waals surface area contributed by atoms with Crippen molar-refractivity contribution in [2.45, 2.75) is 33.1 Å². The molecular weight excluding hydrogens is 510 g/mol. The zero-order valence-corrected chi connectivity index (χ0v) is 23.4. The normalized spacial score (nSPS) is 12.5. The number of carboxylic acid groups (broad SMARTS) is 1. The van der Waals surface area contributed by atoms with Crippen LogP contribution in [-0.4, -0.2) is 17.0 Å². The number of carbonyl (C=O) groups excluding carboxylic acids is 1. The van der Waals surface area contributed by atoms with Crippen molar-refractivity contribution in [3.63, 3.8) is 0 Å². The van der Waals surface area contributed by atoms with Gasteiger partial charge in [0.2, 0.25) is 5.91 Å². The van der Waals surface area contributed by atoms with Crippen LogP contribution in [-0.2, 0) is 11.2 Å². The number of furan rings is 1. The van der Waals surface area contributed by atoms with Gasteiger partial charge in [0.1, 0.15) is 11.3 Å². The smallest absolute Gasteiger partial charge is 0.335 e. The quantitative estimate of drug-likeness (QED) is 0.205. The van der Waals surface area contributed by atoms with E-state index < -0.39 is 11.9 Å². The van der Waals surface area contributed by atoms with Crippen molar-refractivity contribution >= 4 is 34.6 Å². The number of hydrogen-bond acceptors (Lipinski definition) is 3. The summed E-state index contributed by atoms with van der Waals surface area (Å²) in [5, 5.41) is 13.4. The highest BCUT2D eigenvalue weighted by atomic mass is 16.4. The van der Waals surface area contributed by atoms with Crippen molar-refractivity contribution in [1.82, 2.24) is 0 Å². The van der Waals surface area contributed by atoms with Crippen LogP contribution < -0.4 is 5.32 Å². The van der Waals surface area contributed by atoms with Gasteiger partial charge < -0.3 is 14.8 Å². The Bertz CT molecular complexity index is 1650. The summed E-state index contributed by atoms with van der Waals surface area (Å²) in [6.45, 7) is 6.45. The second kappa shape index (κ2) is 11.7. The Labute approximate surface area is 240 Å². The molecule has 0 saturated heterocycles. The molecule has 0 aliphatic carbocycles. The third kappa shape index (κ3) is 7.00. The van der Waals surface area contributed by atoms with Gasteiger partial charge in [-0.15, -0.1) is 0 Å². The first-order chi connectivity index (χ1) is 19.6. The van der Waals surface area contributed by atoms with Crippen molar-refractivity contribution in [3.05, 3.63) is 131 Å². The lowest BCUT2D eigenvalue weighted by molar-refractivity contribution is -0.117. The molecule has 1 amide bonds. The maximum atomic E-state index is 13.7. The Kier molecular flexibility index (Phi) is 7.88. The molecule has 5 aromatic rings. The molecule has 1 aromatic heterocycles. The zero-order chi connectivity index (χ0) is 29.0. The number of anilines is 1. The summed E-state index contributed by atoms with van der Waals surface area (Å²) in [6.07, 6.45) is 4.68. The van der Waals surface area contributed by atoms with Gasteiger partial charge in [0, 0.05) is 16.6 Å². The van der Waals surface area contributed by atoms with E-state index in [0.717, 1.165) is 39.0 Å². The molecular formula is C36H33NO4. The Balaban J connectivity index is 1.37. The minimum Gasteiger partial charge on any atom is -0.478 e. The lowest BCUT2D eigenvalue weighted by atomic mass is 9.89. The molecule has 206 valence electrons. The van der Waals surface area contributed by atoms with Crippen LogP contribution in [0.2, 0.25) is 0 Å². The third-order valence-electron chi connectivity index (χ3n) is 6.93. The lowest BCUT2D eigenvalue weighted by Crippen LogP contribution is -2.23. The van der Waals surface area contributed by atoms with Crippen molar-refractivity contribution in [3.8, 4) is 11.3 Å². The summed E-state index contributed by atoms with van der Waals surface area (Å²) in [4.78, 5) is 25.0. The molecule has 1 heterocycles. The van der Waals surface area contributed by atoms with Gasteiger partial charge in [-0.1, -0.05) is 87.5 Å². The molecule has 0 aliphatic rings. The van der Waals surface area contributed by atoms with Crippen LogP contribution in [0.5, 0.6) is 0 Å². The molecule has 5 heteroatoms. The Morgan fingerprint density at radius 1 is 0.878 bits per heavy atom. The van der Waals surface area contributed by atoms with Crippen LogP contribution >= 0.6 is 0 Å². The fourth-order valence-electron chi connectivity index (χ4n) is 4.64. The monoisotopic (exact) mass is 543 g/mol. The number of carbonyl (C=O) groups is 2. The zero-order valence-electron chi connectivity index (χ0n) is 23.4. The van der Waals surface area contributed by atoms with E-state index in [9.17, 15) is 14.7 Å². The van der Waals surface area contributed by atoms with E-state index in [1.807, 2.05) is 78.9 Å². The van der Waals surface area contributed by atoms with Crippen molar-refractivity contribution in [2.24, 2.45) is 5.41 Å². The average Bonchev–Trinajstić information content (AvgIpc) is 3.40. The number of fused-ring (bicyclic) bond motifs is 1. The number of amides is 1. The van der Waals surface area contributed by atoms with Gasteiger partial charge in [-0.2, -0.15) is 0 Å². The molecule has 0 fully saturated rings. The largest absolute Gasteiger partial charge is 0.478 e. The van der Waals surface area contributed by atoms with Crippen molar-refractivity contribution < 1.29 is 19.1 Å². The molecule has 5 nitrogen and oxygen atoms in total. The number of allylic oxidation sites excluding steroid dienone is 1. The van der Waals surface area contributed by atoms with Crippen LogP contribution in [0.3, 0.4) is 0 Å². The summed E-state index contributed by atoms with van der Waals surface area (Å²) in [6, 6.07) is 32.2. The minimum atomic E-state index is -0.976. The molecule has 0 unspecified atom stereocenters. The first-order valence-corrected chi connectivity index (χ1v) is 13.7. The number of carboxylic acids is 1. The molecule has 0 saturated carbocycles. The fraction of sp³-hybridized carbons (Fsp3) is 0.167. The van der Waals surface area contributed by atoms with Crippen molar-refractivity contribution in [2.75, 3.05) is 5.32 Å². The first-order valence-electron chi connectivity index (χ1n) is 13.7. The van der Waals surface area contributed by atoms with E-state index >= 15 is 0 Å². The van der Waals surface area contributed by atoms with Crippen LogP contribution in [0.15, 0.2) is 114 Å². The van der Waals surface area contributed by atoms with Gasteiger partial charge >= 0.3 is 5.97 Å². The molecule has 0 radical (unpaired) electrons. The Morgan fingerprint density at radius 3 is 2.20 bits per heavy atom. The number of benzene rings is 4. The molecule has 41 heavy (non-hydrogen) atoms. The van der Waals surface area contributed by atoms with Crippen molar-refractivity contribution in [1.29, 1.82) is 0 Å². The maximum Gasteiger partial charge on any atom is 0.335 e. The van der Waals surface area contributed by atoms with E-state index in [2.05, 4.69) is 38.2 Å². The molecule has 4 aromatic carbocycles. The first kappa shape index (κ1) is 27.7. The number of rotatable bonds is 8. The number of hydrogen-bond donors (Lipinski definition) is 2. The summed E-state index contributed by atoms with van der Waals surface area (Å²) < 4.78 is 5.98. The highest BCUT2D eigenvalue weighted by Gasteiger charge is 2.22. The summed E-state index contributed by atoms with van der Waals surface area (Å²) in [5.74, 6) is -0.814. The van der Waals surface area contributed by atoms with E-state index in [0.29, 0.717) is 12.1 Å². The van der Waals surface area contributed by atoms with Gasteiger partial charge in [0.15, 0.2) is 0 Å². The summed E-state index contributed by atoms with van der Waals surface area (Å²) in [7, 11) is 0. The average molecular weight is 544 g/mol. The molecule has 5 rings (SSSR count). The summed E-state index contributed by atoms with van der Waals surface area (Å²) >= 11 is 0. The minimum absolute atomic E-state index is 0.0726. The van der Waals surface area contributed by atoms with Crippen LogP contribution in [0.1, 0.15) is 53.7 Å². The standard InChI is InChI=1S/C36H33NO4/c1-36(2,3)21-20-24-8-12-26(13-9-24)31(22-25-10-14-28(15-11-25)35(39)40)34(38)37-30-18-16-27(17-19-30)33-23-29-6-4-5-7-32(29)41-33/h4-21,23,31H,22H2,1-3H3,(H,37,38)(H,39,40)/b21-20+/t31-/m1/s1. The Morgan fingerprint density at radius 2 is 1.56 bits per heavy atom. The molecule has 1 atom stereocenters. The second-order valence-corrected chi connectivity index (χ2v) is 11.3. The van der Waals surface area contributed by atoms with Crippen LogP contribution in [0, 0.1) is 5.41 Å². The third-order valence-corrected chi connectivity index (χ3v) is 6.93. The number of nitrogens with one attached hydrogen (secondary N) is 1.